The molecule has 9 nitrogen and oxygen atoms in total. The Bertz CT molecular complexity index is 1400. The Hall–Kier alpha value is -3.01. The van der Waals surface area contributed by atoms with Crippen molar-refractivity contribution >= 4 is 17.9 Å². The van der Waals surface area contributed by atoms with Crippen LogP contribution in [-0.2, 0) is 33.3 Å². The van der Waals surface area contributed by atoms with Gasteiger partial charge in [-0.1, -0.05) is 267 Å². The first-order valence-electron chi connectivity index (χ1n) is 31.0. The zero-order valence-corrected chi connectivity index (χ0v) is 49.0. The Kier molecular flexibility index (Phi) is 53.9. The van der Waals surface area contributed by atoms with Crippen LogP contribution in [0.2, 0.25) is 0 Å². The highest BCUT2D eigenvalue weighted by molar-refractivity contribution is 5.71. The van der Waals surface area contributed by atoms with E-state index in [1.54, 1.807) is 0 Å². The fourth-order valence-electron chi connectivity index (χ4n) is 8.81. The molecule has 1 N–H and O–H groups in total. The van der Waals surface area contributed by atoms with Crippen molar-refractivity contribution in [3.8, 4) is 0 Å². The van der Waals surface area contributed by atoms with E-state index < -0.39 is 24.3 Å². The number of esters is 2. The lowest BCUT2D eigenvalue weighted by molar-refractivity contribution is -0.870. The molecule has 74 heavy (non-hydrogen) atoms. The van der Waals surface area contributed by atoms with E-state index in [0.29, 0.717) is 17.4 Å². The van der Waals surface area contributed by atoms with E-state index in [4.69, 9.17) is 18.9 Å². The number of aliphatic carboxylic acids is 1. The molecule has 0 saturated carbocycles. The number of carboxylic acids is 1. The van der Waals surface area contributed by atoms with Gasteiger partial charge < -0.3 is 28.5 Å². The molecule has 0 aliphatic rings. The number of unbranched alkanes of at least 4 members (excludes halogenated alkanes) is 32. The van der Waals surface area contributed by atoms with E-state index in [1.807, 2.05) is 21.1 Å². The molecule has 9 heteroatoms. The fourth-order valence-corrected chi connectivity index (χ4v) is 8.81. The molecule has 0 saturated heterocycles. The van der Waals surface area contributed by atoms with Crippen molar-refractivity contribution in [3.63, 3.8) is 0 Å². The number of quaternary nitrogens is 1. The molecule has 0 aromatic rings. The minimum atomic E-state index is -1.51. The summed E-state index contributed by atoms with van der Waals surface area (Å²) in [6.45, 7) is 4.80. The average molecular weight is 1040 g/mol. The monoisotopic (exact) mass is 1040 g/mol. The van der Waals surface area contributed by atoms with Crippen molar-refractivity contribution in [1.82, 2.24) is 0 Å². The second-order valence-corrected chi connectivity index (χ2v) is 22.0. The summed E-state index contributed by atoms with van der Waals surface area (Å²) < 4.78 is 22.9. The van der Waals surface area contributed by atoms with Gasteiger partial charge >= 0.3 is 17.9 Å². The highest BCUT2D eigenvalue weighted by Crippen LogP contribution is 2.17. The summed E-state index contributed by atoms with van der Waals surface area (Å²) in [6, 6.07) is 0. The number of nitrogens with zero attached hydrogens (tertiary/aromatic N) is 1. The maximum Gasteiger partial charge on any atom is 0.361 e. The van der Waals surface area contributed by atoms with Gasteiger partial charge in [0, 0.05) is 12.8 Å². The molecule has 0 aromatic carbocycles. The lowest BCUT2D eigenvalue weighted by atomic mass is 10.0. The van der Waals surface area contributed by atoms with Crippen LogP contribution in [0.3, 0.4) is 0 Å². The van der Waals surface area contributed by atoms with Crippen molar-refractivity contribution in [2.75, 3.05) is 47.5 Å². The van der Waals surface area contributed by atoms with Crippen LogP contribution in [-0.4, -0.2) is 87.4 Å². The van der Waals surface area contributed by atoms with Gasteiger partial charge in [0.05, 0.1) is 34.4 Å². The minimum absolute atomic E-state index is 0.180. The summed E-state index contributed by atoms with van der Waals surface area (Å²) in [4.78, 5) is 37.5. The Labute approximate surface area is 456 Å². The van der Waals surface area contributed by atoms with Gasteiger partial charge in [-0.15, -0.1) is 0 Å². The summed E-state index contributed by atoms with van der Waals surface area (Å²) in [6.07, 6.45) is 68.7. The van der Waals surface area contributed by atoms with E-state index in [-0.39, 0.29) is 32.2 Å². The molecule has 0 radical (unpaired) electrons. The van der Waals surface area contributed by atoms with Crippen molar-refractivity contribution < 1.29 is 42.9 Å². The van der Waals surface area contributed by atoms with Crippen LogP contribution < -0.4 is 0 Å². The van der Waals surface area contributed by atoms with Crippen molar-refractivity contribution in [3.05, 3.63) is 60.8 Å². The van der Waals surface area contributed by atoms with E-state index in [2.05, 4.69) is 74.6 Å². The molecular weight excluding hydrogens is 923 g/mol. The number of ether oxygens (including phenoxy) is 4. The molecule has 0 amide bonds. The number of rotatable bonds is 57. The molecule has 0 rings (SSSR count). The second kappa shape index (κ2) is 56.2. The lowest BCUT2D eigenvalue weighted by Gasteiger charge is -2.25. The Morgan fingerprint density at radius 3 is 1.15 bits per heavy atom. The Morgan fingerprint density at radius 2 is 0.770 bits per heavy atom. The molecular formula is C65H118NO8+. The number of hydrogen-bond donors (Lipinski definition) is 1. The summed E-state index contributed by atoms with van der Waals surface area (Å²) in [5.74, 6) is -1.99. The summed E-state index contributed by atoms with van der Waals surface area (Å²) in [5.41, 5.74) is 0. The van der Waals surface area contributed by atoms with Crippen LogP contribution in [0.15, 0.2) is 60.8 Å². The Morgan fingerprint density at radius 1 is 0.419 bits per heavy atom. The number of hydrogen-bond acceptors (Lipinski definition) is 7. The standard InChI is InChI=1S/C65H117NO8/c1-6-8-10-12-14-16-18-20-22-24-26-28-29-30-31-32-33-34-35-36-38-40-42-44-46-48-50-52-54-56-63(68)74-61(60-73-65(64(69)70)71-58-57-66(3,4)5)59-72-62(67)55-53-51-49-47-45-43-41-39-37-27-25-23-21-19-17-15-13-11-9-7-2/h8,10,14,16,20,22,26,28,30-31,61,65H,6-7,9,11-13,15,17-19,21,23-25,27,29,32-60H2,1-5H3/p+1/b10-8-,16-14-,22-20-,28-26-,31-30-. The topological polar surface area (TPSA) is 108 Å². The quantitative estimate of drug-likeness (QED) is 0.0211. The summed E-state index contributed by atoms with van der Waals surface area (Å²) >= 11 is 0. The molecule has 0 aromatic heterocycles. The first-order chi connectivity index (χ1) is 36.1. The van der Waals surface area contributed by atoms with Crippen molar-refractivity contribution in [1.29, 1.82) is 0 Å². The van der Waals surface area contributed by atoms with E-state index in [0.717, 1.165) is 70.6 Å². The zero-order valence-electron chi connectivity index (χ0n) is 49.0. The normalized spacial score (nSPS) is 13.1. The largest absolute Gasteiger partial charge is 0.477 e. The van der Waals surface area contributed by atoms with Crippen LogP contribution in [0.25, 0.3) is 0 Å². The summed E-state index contributed by atoms with van der Waals surface area (Å²) in [5, 5.41) is 9.72. The van der Waals surface area contributed by atoms with Gasteiger partial charge in [0.2, 0.25) is 0 Å². The first-order valence-corrected chi connectivity index (χ1v) is 31.0. The van der Waals surface area contributed by atoms with Crippen LogP contribution in [0.4, 0.5) is 0 Å². The molecule has 430 valence electrons. The third-order valence-corrected chi connectivity index (χ3v) is 13.5. The van der Waals surface area contributed by atoms with E-state index in [9.17, 15) is 19.5 Å². The average Bonchev–Trinajstić information content (AvgIpc) is 3.37. The number of allylic oxidation sites excluding steroid dienone is 10. The van der Waals surface area contributed by atoms with Gasteiger partial charge in [-0.25, -0.2) is 4.79 Å². The third kappa shape index (κ3) is 56.7. The number of carboxylic acid groups (broad SMARTS) is 1. The highest BCUT2D eigenvalue weighted by atomic mass is 16.7. The number of carbonyl (C=O) groups is 3. The maximum absolute atomic E-state index is 12.9. The smallest absolute Gasteiger partial charge is 0.361 e. The molecule has 0 aliphatic carbocycles. The SMILES string of the molecule is CC/C=C\C/C=C\C/C=C\C/C=C\C/C=C\CCCCCCCCCCCCCCCC(=O)OC(COC(=O)CCCCCCCCCCCCCCCCCCCCCC)COC(OCC[N+](C)(C)C)C(=O)O. The van der Waals surface area contributed by atoms with Crippen LogP contribution in [0.5, 0.6) is 0 Å². The number of likely N-dealkylation sites (N-methyl/N-ethyl adjacent to an activating group) is 1. The fraction of sp³-hybridized carbons (Fsp3) is 0.800. The van der Waals surface area contributed by atoms with Gasteiger partial charge in [-0.05, 0) is 57.8 Å². The molecule has 0 spiro atoms. The van der Waals surface area contributed by atoms with Gasteiger partial charge in [-0.2, -0.15) is 0 Å². The maximum atomic E-state index is 12.9. The highest BCUT2D eigenvalue weighted by Gasteiger charge is 2.25. The molecule has 0 bridgehead atoms. The van der Waals surface area contributed by atoms with Crippen molar-refractivity contribution in [2.45, 2.75) is 289 Å². The molecule has 2 atom stereocenters. The Balaban J connectivity index is 4.17. The zero-order chi connectivity index (χ0) is 54.1. The number of carbonyl (C=O) groups excluding carboxylic acids is 2. The molecule has 0 aliphatic heterocycles. The van der Waals surface area contributed by atoms with Crippen LogP contribution in [0.1, 0.15) is 277 Å². The molecule has 0 fully saturated rings. The third-order valence-electron chi connectivity index (χ3n) is 13.5. The first kappa shape index (κ1) is 71.0. The predicted octanol–water partition coefficient (Wildman–Crippen LogP) is 18.4. The van der Waals surface area contributed by atoms with Crippen LogP contribution >= 0.6 is 0 Å². The second-order valence-electron chi connectivity index (χ2n) is 22.0. The van der Waals surface area contributed by atoms with Gasteiger partial charge in [-0.3, -0.25) is 9.59 Å². The van der Waals surface area contributed by atoms with Gasteiger partial charge in [0.15, 0.2) is 6.10 Å². The lowest BCUT2D eigenvalue weighted by Crippen LogP contribution is -2.40. The van der Waals surface area contributed by atoms with Crippen LogP contribution in [0, 0.1) is 0 Å². The van der Waals surface area contributed by atoms with Gasteiger partial charge in [0.1, 0.15) is 13.2 Å². The summed E-state index contributed by atoms with van der Waals surface area (Å²) in [7, 11) is 5.98. The van der Waals surface area contributed by atoms with Gasteiger partial charge in [0.25, 0.3) is 6.29 Å². The molecule has 0 heterocycles. The molecule has 2 unspecified atom stereocenters. The van der Waals surface area contributed by atoms with E-state index in [1.165, 1.54) is 180 Å². The van der Waals surface area contributed by atoms with E-state index >= 15 is 0 Å². The minimum Gasteiger partial charge on any atom is -0.477 e. The predicted molar refractivity (Wildman–Crippen MR) is 313 cm³/mol. The van der Waals surface area contributed by atoms with Crippen molar-refractivity contribution in [2.24, 2.45) is 0 Å².